The molecule has 1 aliphatic rings. The standard InChI is InChI=1S/C23H25ClFN5O2/c1-30-8-6-17(7-9-30)27-22(31)18(10-14-2-4-16(25)5-3-14)29-23(32)19-11-15-12-21(24)26-13-20(15)28-19/h2-5,11-13,17-18,28H,6-10H2,1H3,(H,27,31)(H,29,32). The van der Waals surface area contributed by atoms with E-state index >= 15 is 0 Å². The number of H-pyrrole nitrogens is 1. The first-order valence-electron chi connectivity index (χ1n) is 10.6. The lowest BCUT2D eigenvalue weighted by atomic mass is 10.0. The van der Waals surface area contributed by atoms with Crippen molar-refractivity contribution in [1.82, 2.24) is 25.5 Å². The number of halogens is 2. The third-order valence-corrected chi connectivity index (χ3v) is 5.96. The molecule has 168 valence electrons. The molecule has 1 unspecified atom stereocenters. The number of amides is 2. The number of nitrogens with one attached hydrogen (secondary N) is 3. The second-order valence-electron chi connectivity index (χ2n) is 8.22. The maximum absolute atomic E-state index is 13.3. The van der Waals surface area contributed by atoms with E-state index < -0.39 is 11.9 Å². The number of carbonyl (C=O) groups excluding carboxylic acids is 2. The molecule has 1 fully saturated rings. The molecule has 3 N–H and O–H groups in total. The maximum atomic E-state index is 13.3. The van der Waals surface area contributed by atoms with Crippen molar-refractivity contribution in [3.63, 3.8) is 0 Å². The third kappa shape index (κ3) is 5.44. The van der Waals surface area contributed by atoms with Crippen LogP contribution < -0.4 is 10.6 Å². The van der Waals surface area contributed by atoms with Crippen LogP contribution in [0.15, 0.2) is 42.6 Å². The number of benzene rings is 1. The predicted octanol–water partition coefficient (Wildman–Crippen LogP) is 2.91. The molecule has 0 aliphatic carbocycles. The summed E-state index contributed by atoms with van der Waals surface area (Å²) in [6, 6.07) is 8.51. The van der Waals surface area contributed by atoms with Crippen LogP contribution in [0.1, 0.15) is 28.9 Å². The highest BCUT2D eigenvalue weighted by molar-refractivity contribution is 6.30. The summed E-state index contributed by atoms with van der Waals surface area (Å²) in [5, 5.41) is 6.98. The Bertz CT molecular complexity index is 1110. The summed E-state index contributed by atoms with van der Waals surface area (Å²) in [4.78, 5) is 35.3. The lowest BCUT2D eigenvalue weighted by molar-refractivity contribution is -0.124. The SMILES string of the molecule is CN1CCC(NC(=O)C(Cc2ccc(F)cc2)NC(=O)c2cc3cc(Cl)ncc3[nH]2)CC1. The van der Waals surface area contributed by atoms with Crippen molar-refractivity contribution in [2.75, 3.05) is 20.1 Å². The Morgan fingerprint density at radius 2 is 1.97 bits per heavy atom. The molecular formula is C23H25ClFN5O2. The smallest absolute Gasteiger partial charge is 0.268 e. The van der Waals surface area contributed by atoms with Crippen LogP contribution in [0.2, 0.25) is 5.15 Å². The van der Waals surface area contributed by atoms with Crippen LogP contribution >= 0.6 is 11.6 Å². The molecule has 1 atom stereocenters. The average molecular weight is 458 g/mol. The first-order valence-corrected chi connectivity index (χ1v) is 10.9. The average Bonchev–Trinajstić information content (AvgIpc) is 3.19. The van der Waals surface area contributed by atoms with Gasteiger partial charge in [-0.1, -0.05) is 23.7 Å². The lowest BCUT2D eigenvalue weighted by Crippen LogP contribution is -2.52. The van der Waals surface area contributed by atoms with E-state index in [1.54, 1.807) is 30.5 Å². The summed E-state index contributed by atoms with van der Waals surface area (Å²) in [7, 11) is 2.05. The quantitative estimate of drug-likeness (QED) is 0.496. The summed E-state index contributed by atoms with van der Waals surface area (Å²) in [5.41, 5.74) is 1.73. The summed E-state index contributed by atoms with van der Waals surface area (Å²) < 4.78 is 13.3. The molecule has 2 aromatic heterocycles. The molecule has 0 spiro atoms. The number of carbonyl (C=O) groups is 2. The second-order valence-corrected chi connectivity index (χ2v) is 8.61. The first kappa shape index (κ1) is 22.2. The van der Waals surface area contributed by atoms with Gasteiger partial charge >= 0.3 is 0 Å². The van der Waals surface area contributed by atoms with E-state index in [4.69, 9.17) is 11.6 Å². The number of hydrogen-bond acceptors (Lipinski definition) is 4. The number of likely N-dealkylation sites (tertiary alicyclic amines) is 1. The minimum atomic E-state index is -0.805. The van der Waals surface area contributed by atoms with Gasteiger partial charge in [0.1, 0.15) is 22.7 Å². The molecular weight excluding hydrogens is 433 g/mol. The van der Waals surface area contributed by atoms with Crippen LogP contribution in [-0.4, -0.2) is 58.9 Å². The first-order chi connectivity index (χ1) is 15.4. The van der Waals surface area contributed by atoms with Crippen LogP contribution in [0.4, 0.5) is 4.39 Å². The number of aromatic amines is 1. The van der Waals surface area contributed by atoms with Gasteiger partial charge in [0.2, 0.25) is 5.91 Å². The topological polar surface area (TPSA) is 90.1 Å². The third-order valence-electron chi connectivity index (χ3n) is 5.76. The number of nitrogens with zero attached hydrogens (tertiary/aromatic N) is 2. The molecule has 9 heteroatoms. The van der Waals surface area contributed by atoms with Gasteiger partial charge in [-0.3, -0.25) is 9.59 Å². The van der Waals surface area contributed by atoms with Gasteiger partial charge in [0.25, 0.3) is 5.91 Å². The van der Waals surface area contributed by atoms with E-state index in [1.165, 1.54) is 12.1 Å². The number of pyridine rings is 1. The number of fused-ring (bicyclic) bond motifs is 1. The molecule has 7 nitrogen and oxygen atoms in total. The number of hydrogen-bond donors (Lipinski definition) is 3. The molecule has 1 aromatic carbocycles. The summed E-state index contributed by atoms with van der Waals surface area (Å²) in [5.74, 6) is -1.02. The van der Waals surface area contributed by atoms with E-state index in [0.29, 0.717) is 16.4 Å². The van der Waals surface area contributed by atoms with Gasteiger partial charge in [-0.05, 0) is 62.8 Å². The van der Waals surface area contributed by atoms with Crippen LogP contribution in [0.5, 0.6) is 0 Å². The summed E-state index contributed by atoms with van der Waals surface area (Å²) in [6.07, 6.45) is 3.51. The van der Waals surface area contributed by atoms with Crippen molar-refractivity contribution in [3.8, 4) is 0 Å². The van der Waals surface area contributed by atoms with Crippen molar-refractivity contribution >= 4 is 34.3 Å². The molecule has 0 saturated carbocycles. The molecule has 32 heavy (non-hydrogen) atoms. The fourth-order valence-electron chi connectivity index (χ4n) is 3.88. The van der Waals surface area contributed by atoms with Crippen LogP contribution in [-0.2, 0) is 11.2 Å². The lowest BCUT2D eigenvalue weighted by Gasteiger charge is -2.30. The van der Waals surface area contributed by atoms with Crippen molar-refractivity contribution < 1.29 is 14.0 Å². The van der Waals surface area contributed by atoms with E-state index in [1.807, 2.05) is 0 Å². The van der Waals surface area contributed by atoms with Crippen molar-refractivity contribution in [3.05, 3.63) is 64.8 Å². The molecule has 4 rings (SSSR count). The number of aromatic nitrogens is 2. The van der Waals surface area contributed by atoms with E-state index in [2.05, 4.69) is 32.5 Å². The summed E-state index contributed by atoms with van der Waals surface area (Å²) in [6.45, 7) is 1.82. The molecule has 3 aromatic rings. The van der Waals surface area contributed by atoms with Crippen molar-refractivity contribution in [2.45, 2.75) is 31.3 Å². The van der Waals surface area contributed by atoms with Gasteiger partial charge in [-0.2, -0.15) is 0 Å². The molecule has 0 bridgehead atoms. The monoisotopic (exact) mass is 457 g/mol. The molecule has 3 heterocycles. The van der Waals surface area contributed by atoms with E-state index in [-0.39, 0.29) is 24.2 Å². The van der Waals surface area contributed by atoms with Crippen LogP contribution in [0.3, 0.4) is 0 Å². The maximum Gasteiger partial charge on any atom is 0.268 e. The Balaban J connectivity index is 1.50. The Labute approximate surface area is 190 Å². The van der Waals surface area contributed by atoms with Gasteiger partial charge < -0.3 is 20.5 Å². The largest absolute Gasteiger partial charge is 0.351 e. The zero-order valence-corrected chi connectivity index (χ0v) is 18.5. The van der Waals surface area contributed by atoms with Gasteiger partial charge in [0.15, 0.2) is 0 Å². The zero-order chi connectivity index (χ0) is 22.7. The van der Waals surface area contributed by atoms with Gasteiger partial charge in [0, 0.05) is 17.8 Å². The Kier molecular flexibility index (Phi) is 6.72. The minimum Gasteiger partial charge on any atom is -0.351 e. The molecule has 1 saturated heterocycles. The van der Waals surface area contributed by atoms with Gasteiger partial charge in [-0.15, -0.1) is 0 Å². The van der Waals surface area contributed by atoms with E-state index in [0.717, 1.165) is 36.9 Å². The molecule has 2 amide bonds. The van der Waals surface area contributed by atoms with Crippen molar-refractivity contribution in [2.24, 2.45) is 0 Å². The normalized spacial score (nSPS) is 16.1. The molecule has 1 aliphatic heterocycles. The Morgan fingerprint density at radius 3 is 2.69 bits per heavy atom. The van der Waals surface area contributed by atoms with Crippen LogP contribution in [0.25, 0.3) is 10.9 Å². The fraction of sp³-hybridized carbons (Fsp3) is 0.348. The Hall–Kier alpha value is -2.97. The predicted molar refractivity (Wildman–Crippen MR) is 121 cm³/mol. The highest BCUT2D eigenvalue weighted by atomic mass is 35.5. The van der Waals surface area contributed by atoms with E-state index in [9.17, 15) is 14.0 Å². The molecule has 0 radical (unpaired) electrons. The second kappa shape index (κ2) is 9.67. The van der Waals surface area contributed by atoms with Gasteiger partial charge in [-0.25, -0.2) is 9.37 Å². The number of piperidine rings is 1. The van der Waals surface area contributed by atoms with Crippen molar-refractivity contribution in [1.29, 1.82) is 0 Å². The highest BCUT2D eigenvalue weighted by Crippen LogP contribution is 2.18. The minimum absolute atomic E-state index is 0.0626. The zero-order valence-electron chi connectivity index (χ0n) is 17.7. The summed E-state index contributed by atoms with van der Waals surface area (Å²) >= 11 is 5.93. The highest BCUT2D eigenvalue weighted by Gasteiger charge is 2.26. The number of rotatable bonds is 6. The van der Waals surface area contributed by atoms with Gasteiger partial charge in [0.05, 0.1) is 11.7 Å². The van der Waals surface area contributed by atoms with Crippen LogP contribution in [0, 0.1) is 5.82 Å². The fourth-order valence-corrected chi connectivity index (χ4v) is 4.05. The Morgan fingerprint density at radius 1 is 1.25 bits per heavy atom.